The Bertz CT molecular complexity index is 332. The lowest BCUT2D eigenvalue weighted by Crippen LogP contribution is -2.42. The van der Waals surface area contributed by atoms with Gasteiger partial charge in [0.2, 0.25) is 0 Å². The second-order valence-electron chi connectivity index (χ2n) is 4.07. The quantitative estimate of drug-likeness (QED) is 0.885. The predicted octanol–water partition coefficient (Wildman–Crippen LogP) is 2.16. The van der Waals surface area contributed by atoms with Crippen LogP contribution in [0.5, 0.6) is 0 Å². The van der Waals surface area contributed by atoms with Crippen LogP contribution in [0.4, 0.5) is 0 Å². The Kier molecular flexibility index (Phi) is 3.78. The summed E-state index contributed by atoms with van der Waals surface area (Å²) in [6, 6.07) is 6.49. The minimum Gasteiger partial charge on any atom is -0.314 e. The molecule has 0 aliphatic carbocycles. The molecular weight excluding hydrogens is 252 g/mol. The number of aryl methyl sites for hydroxylation is 1. The molecule has 2 rings (SSSR count). The van der Waals surface area contributed by atoms with Crippen molar-refractivity contribution < 1.29 is 0 Å². The molecule has 0 radical (unpaired) electrons. The molecule has 1 aliphatic heterocycles. The summed E-state index contributed by atoms with van der Waals surface area (Å²) in [5.74, 6) is 0. The zero-order valence-electron chi connectivity index (χ0n) is 9.09. The van der Waals surface area contributed by atoms with E-state index in [9.17, 15) is 0 Å². The van der Waals surface area contributed by atoms with Gasteiger partial charge in [0, 0.05) is 37.2 Å². The van der Waals surface area contributed by atoms with E-state index in [0.717, 1.165) is 32.7 Å². The molecule has 1 heterocycles. The number of rotatable bonds is 2. The van der Waals surface area contributed by atoms with Crippen LogP contribution in [0.15, 0.2) is 22.7 Å². The predicted molar refractivity (Wildman–Crippen MR) is 67.0 cm³/mol. The highest BCUT2D eigenvalue weighted by molar-refractivity contribution is 9.10. The number of hydrogen-bond acceptors (Lipinski definition) is 2. The molecule has 2 nitrogen and oxygen atoms in total. The van der Waals surface area contributed by atoms with Gasteiger partial charge >= 0.3 is 0 Å². The van der Waals surface area contributed by atoms with Crippen molar-refractivity contribution >= 4 is 15.9 Å². The fourth-order valence-electron chi connectivity index (χ4n) is 1.94. The summed E-state index contributed by atoms with van der Waals surface area (Å²) in [5.41, 5.74) is 2.72. The Morgan fingerprint density at radius 1 is 1.33 bits per heavy atom. The fourth-order valence-corrected chi connectivity index (χ4v) is 2.33. The normalized spacial score (nSPS) is 18.0. The summed E-state index contributed by atoms with van der Waals surface area (Å²) in [6.45, 7) is 7.74. The van der Waals surface area contributed by atoms with E-state index in [4.69, 9.17) is 0 Å². The molecule has 3 heteroatoms. The third-order valence-corrected chi connectivity index (χ3v) is 4.01. The Morgan fingerprint density at radius 3 is 2.80 bits per heavy atom. The van der Waals surface area contributed by atoms with Crippen LogP contribution < -0.4 is 5.32 Å². The van der Waals surface area contributed by atoms with Crippen molar-refractivity contribution in [2.45, 2.75) is 13.5 Å². The maximum atomic E-state index is 3.66. The summed E-state index contributed by atoms with van der Waals surface area (Å²) in [4.78, 5) is 2.50. The molecule has 1 aromatic rings. The first-order chi connectivity index (χ1) is 7.27. The van der Waals surface area contributed by atoms with Gasteiger partial charge in [0.25, 0.3) is 0 Å². The maximum Gasteiger partial charge on any atom is 0.0249 e. The van der Waals surface area contributed by atoms with E-state index in [1.54, 1.807) is 0 Å². The summed E-state index contributed by atoms with van der Waals surface area (Å²) >= 11 is 3.66. The summed E-state index contributed by atoms with van der Waals surface area (Å²) in [5, 5.41) is 3.37. The number of piperazine rings is 1. The van der Waals surface area contributed by atoms with E-state index in [-0.39, 0.29) is 0 Å². The highest BCUT2D eigenvalue weighted by atomic mass is 79.9. The van der Waals surface area contributed by atoms with Gasteiger partial charge in [-0.05, 0) is 18.1 Å². The van der Waals surface area contributed by atoms with Gasteiger partial charge < -0.3 is 5.32 Å². The molecule has 1 N–H and O–H groups in total. The number of benzene rings is 1. The molecule has 1 saturated heterocycles. The monoisotopic (exact) mass is 268 g/mol. The van der Waals surface area contributed by atoms with Crippen molar-refractivity contribution in [3.63, 3.8) is 0 Å². The van der Waals surface area contributed by atoms with E-state index >= 15 is 0 Å². The number of nitrogens with one attached hydrogen (secondary N) is 1. The average molecular weight is 269 g/mol. The lowest BCUT2D eigenvalue weighted by molar-refractivity contribution is 0.233. The van der Waals surface area contributed by atoms with Crippen LogP contribution in [0.2, 0.25) is 0 Å². The van der Waals surface area contributed by atoms with Gasteiger partial charge in [0.15, 0.2) is 0 Å². The fraction of sp³-hybridized carbons (Fsp3) is 0.500. The Labute approximate surface area is 99.8 Å². The zero-order valence-corrected chi connectivity index (χ0v) is 10.7. The lowest BCUT2D eigenvalue weighted by atomic mass is 10.1. The average Bonchev–Trinajstić information content (AvgIpc) is 2.26. The van der Waals surface area contributed by atoms with Gasteiger partial charge in [-0.1, -0.05) is 34.1 Å². The third kappa shape index (κ3) is 2.80. The molecule has 1 fully saturated rings. The van der Waals surface area contributed by atoms with Gasteiger partial charge in [-0.25, -0.2) is 0 Å². The Balaban J connectivity index is 2.06. The second kappa shape index (κ2) is 5.10. The Morgan fingerprint density at radius 2 is 2.07 bits per heavy atom. The van der Waals surface area contributed by atoms with Gasteiger partial charge in [0.05, 0.1) is 0 Å². The van der Waals surface area contributed by atoms with Crippen molar-refractivity contribution in [3.05, 3.63) is 33.8 Å². The van der Waals surface area contributed by atoms with E-state index in [0.29, 0.717) is 0 Å². The first kappa shape index (κ1) is 11.1. The first-order valence-corrected chi connectivity index (χ1v) is 6.24. The zero-order chi connectivity index (χ0) is 10.7. The molecule has 0 unspecified atom stereocenters. The molecule has 1 aromatic carbocycles. The Hall–Kier alpha value is -0.380. The summed E-state index contributed by atoms with van der Waals surface area (Å²) in [6.07, 6.45) is 0. The van der Waals surface area contributed by atoms with Gasteiger partial charge in [0.1, 0.15) is 0 Å². The van der Waals surface area contributed by atoms with Crippen molar-refractivity contribution in [2.24, 2.45) is 0 Å². The summed E-state index contributed by atoms with van der Waals surface area (Å²) in [7, 11) is 0. The molecule has 0 amide bonds. The standard InChI is InChI=1S/C12H17BrN2/c1-10-3-2-4-11(12(10)13)9-15-7-5-14-6-8-15/h2-4,14H,5-9H2,1H3. The summed E-state index contributed by atoms with van der Waals surface area (Å²) < 4.78 is 1.27. The van der Waals surface area contributed by atoms with Crippen molar-refractivity contribution in [1.82, 2.24) is 10.2 Å². The minimum atomic E-state index is 1.06. The number of hydrogen-bond donors (Lipinski definition) is 1. The van der Waals surface area contributed by atoms with Gasteiger partial charge in [-0.3, -0.25) is 4.90 Å². The maximum absolute atomic E-state index is 3.66. The molecule has 0 atom stereocenters. The van der Waals surface area contributed by atoms with Crippen LogP contribution in [-0.4, -0.2) is 31.1 Å². The molecule has 0 saturated carbocycles. The molecule has 15 heavy (non-hydrogen) atoms. The molecule has 0 aromatic heterocycles. The first-order valence-electron chi connectivity index (χ1n) is 5.44. The van der Waals surface area contributed by atoms with Crippen LogP contribution in [0.1, 0.15) is 11.1 Å². The SMILES string of the molecule is Cc1cccc(CN2CCNCC2)c1Br. The van der Waals surface area contributed by atoms with Crippen molar-refractivity contribution in [2.75, 3.05) is 26.2 Å². The third-order valence-electron chi connectivity index (χ3n) is 2.88. The van der Waals surface area contributed by atoms with E-state index in [1.165, 1.54) is 15.6 Å². The van der Waals surface area contributed by atoms with E-state index in [1.807, 2.05) is 0 Å². The highest BCUT2D eigenvalue weighted by Crippen LogP contribution is 2.22. The largest absolute Gasteiger partial charge is 0.314 e. The van der Waals surface area contributed by atoms with Gasteiger partial charge in [-0.2, -0.15) is 0 Å². The van der Waals surface area contributed by atoms with Crippen LogP contribution in [0.25, 0.3) is 0 Å². The number of nitrogens with zero attached hydrogens (tertiary/aromatic N) is 1. The molecular formula is C12H17BrN2. The van der Waals surface area contributed by atoms with Crippen molar-refractivity contribution in [3.8, 4) is 0 Å². The van der Waals surface area contributed by atoms with Crippen molar-refractivity contribution in [1.29, 1.82) is 0 Å². The van der Waals surface area contributed by atoms with E-state index < -0.39 is 0 Å². The second-order valence-corrected chi connectivity index (χ2v) is 4.87. The van der Waals surface area contributed by atoms with Crippen LogP contribution >= 0.6 is 15.9 Å². The van der Waals surface area contributed by atoms with E-state index in [2.05, 4.69) is 51.3 Å². The van der Waals surface area contributed by atoms with Crippen LogP contribution in [-0.2, 0) is 6.54 Å². The minimum absolute atomic E-state index is 1.06. The highest BCUT2D eigenvalue weighted by Gasteiger charge is 2.11. The van der Waals surface area contributed by atoms with Crippen LogP contribution in [0, 0.1) is 6.92 Å². The molecule has 0 spiro atoms. The molecule has 1 aliphatic rings. The number of halogens is 1. The lowest BCUT2D eigenvalue weighted by Gasteiger charge is -2.27. The molecule has 82 valence electrons. The smallest absolute Gasteiger partial charge is 0.0249 e. The van der Waals surface area contributed by atoms with Gasteiger partial charge in [-0.15, -0.1) is 0 Å². The molecule has 0 bridgehead atoms. The topological polar surface area (TPSA) is 15.3 Å². The van der Waals surface area contributed by atoms with Crippen LogP contribution in [0.3, 0.4) is 0 Å².